The Kier molecular flexibility index (Phi) is 4.94. The molecule has 0 fully saturated rings. The molecule has 1 aromatic carbocycles. The van der Waals surface area contributed by atoms with Crippen molar-refractivity contribution in [3.63, 3.8) is 0 Å². The molecule has 3 heteroatoms. The fraction of sp³-hybridized carbons (Fsp3) is 0.429. The largest absolute Gasteiger partial charge is 0.298 e. The fourth-order valence-electron chi connectivity index (χ4n) is 1.16. The Hall–Kier alpha value is -1.09. The van der Waals surface area contributed by atoms with Crippen LogP contribution in [0.5, 0.6) is 0 Å². The minimum atomic E-state index is -0.317. The molecule has 0 bridgehead atoms. The molecule has 0 aliphatic carbocycles. The number of hydrogen-bond donors (Lipinski definition) is 0. The number of carbonyl (C=O) groups excluding carboxylic acids is 2. The molecule has 0 saturated heterocycles. The first-order valence-electron chi connectivity index (χ1n) is 5.60. The highest BCUT2D eigenvalue weighted by molar-refractivity contribution is 8.00. The van der Waals surface area contributed by atoms with E-state index in [1.54, 1.807) is 12.1 Å². The molecule has 0 amide bonds. The normalized spacial score (nSPS) is 11.2. The molecule has 0 aromatic heterocycles. The summed E-state index contributed by atoms with van der Waals surface area (Å²) in [4.78, 5) is 23.4. The van der Waals surface area contributed by atoms with Gasteiger partial charge in [0.1, 0.15) is 5.78 Å². The molecule has 0 unspecified atom stereocenters. The van der Waals surface area contributed by atoms with Crippen LogP contribution in [0, 0.1) is 5.41 Å². The third kappa shape index (κ3) is 4.73. The first kappa shape index (κ1) is 14.0. The lowest BCUT2D eigenvalue weighted by Gasteiger charge is -2.15. The lowest BCUT2D eigenvalue weighted by molar-refractivity contribution is -0.123. The molecule has 1 aromatic rings. The van der Waals surface area contributed by atoms with Gasteiger partial charge in [0, 0.05) is 11.0 Å². The van der Waals surface area contributed by atoms with Crippen LogP contribution >= 0.6 is 11.8 Å². The monoisotopic (exact) mass is 250 g/mol. The maximum absolute atomic E-state index is 11.7. The van der Waals surface area contributed by atoms with Gasteiger partial charge in [0.2, 0.25) is 0 Å². The van der Waals surface area contributed by atoms with Gasteiger partial charge in [0.05, 0.1) is 11.5 Å². The molecule has 0 saturated carbocycles. The topological polar surface area (TPSA) is 34.1 Å². The molecule has 0 spiro atoms. The van der Waals surface area contributed by atoms with E-state index in [0.29, 0.717) is 17.1 Å². The van der Waals surface area contributed by atoms with Gasteiger partial charge in [-0.1, -0.05) is 51.1 Å². The molecule has 0 atom stereocenters. The number of hydrogen-bond acceptors (Lipinski definition) is 3. The van der Waals surface area contributed by atoms with Crippen molar-refractivity contribution in [1.29, 1.82) is 0 Å². The first-order chi connectivity index (χ1) is 7.91. The maximum Gasteiger partial charge on any atom is 0.172 e. The van der Waals surface area contributed by atoms with E-state index in [0.717, 1.165) is 0 Å². The Bertz CT molecular complexity index is 390. The molecule has 0 aliphatic heterocycles. The summed E-state index contributed by atoms with van der Waals surface area (Å²) in [7, 11) is 0. The lowest BCUT2D eigenvalue weighted by Crippen LogP contribution is -2.22. The van der Waals surface area contributed by atoms with Crippen molar-refractivity contribution >= 4 is 23.3 Å². The van der Waals surface area contributed by atoms with E-state index in [-0.39, 0.29) is 17.0 Å². The van der Waals surface area contributed by atoms with Crippen LogP contribution < -0.4 is 0 Å². The summed E-state index contributed by atoms with van der Waals surface area (Å²) in [6.45, 7) is 5.69. The number of ketones is 2. The van der Waals surface area contributed by atoms with Gasteiger partial charge < -0.3 is 0 Å². The molecular formula is C14H18O2S. The van der Waals surface area contributed by atoms with Gasteiger partial charge in [-0.15, -0.1) is 11.8 Å². The van der Waals surface area contributed by atoms with Gasteiger partial charge in [-0.2, -0.15) is 0 Å². The van der Waals surface area contributed by atoms with Gasteiger partial charge in [0.15, 0.2) is 5.78 Å². The molecule has 0 N–H and O–H groups in total. The predicted molar refractivity (Wildman–Crippen MR) is 72.6 cm³/mol. The zero-order valence-corrected chi connectivity index (χ0v) is 11.3. The van der Waals surface area contributed by atoms with Crippen molar-refractivity contribution in [1.82, 2.24) is 0 Å². The van der Waals surface area contributed by atoms with Gasteiger partial charge in [0.25, 0.3) is 0 Å². The van der Waals surface area contributed by atoms with E-state index >= 15 is 0 Å². The summed E-state index contributed by atoms with van der Waals surface area (Å²) in [5.74, 6) is 1.04. The van der Waals surface area contributed by atoms with Gasteiger partial charge in [-0.05, 0) is 0 Å². The summed E-state index contributed by atoms with van der Waals surface area (Å²) in [6, 6.07) is 9.17. The molecule has 17 heavy (non-hydrogen) atoms. The van der Waals surface area contributed by atoms with E-state index in [1.165, 1.54) is 11.8 Å². The Labute approximate surface area is 107 Å². The summed E-state index contributed by atoms with van der Waals surface area (Å²) in [6.07, 6.45) is 0. The third-order valence-electron chi connectivity index (χ3n) is 2.40. The zero-order chi connectivity index (χ0) is 12.9. The van der Waals surface area contributed by atoms with Crippen molar-refractivity contribution in [2.45, 2.75) is 20.8 Å². The molecule has 1 rings (SSSR count). The lowest BCUT2D eigenvalue weighted by atomic mass is 9.92. The molecule has 0 aliphatic rings. The third-order valence-corrected chi connectivity index (χ3v) is 3.33. The van der Waals surface area contributed by atoms with E-state index in [4.69, 9.17) is 0 Å². The van der Waals surface area contributed by atoms with Crippen LogP contribution in [0.3, 0.4) is 0 Å². The number of Topliss-reactive ketones (excluding diaryl/α,β-unsaturated/α-hetero) is 2. The minimum absolute atomic E-state index is 0.0808. The van der Waals surface area contributed by atoms with Crippen molar-refractivity contribution < 1.29 is 9.59 Å². The summed E-state index contributed by atoms with van der Waals surface area (Å²) < 4.78 is 0. The molecule has 2 nitrogen and oxygen atoms in total. The van der Waals surface area contributed by atoms with Crippen LogP contribution in [0.15, 0.2) is 30.3 Å². The van der Waals surface area contributed by atoms with Crippen LogP contribution in [-0.2, 0) is 4.79 Å². The Morgan fingerprint density at radius 2 is 1.65 bits per heavy atom. The predicted octanol–water partition coefficient (Wildman–Crippen LogP) is 3.22. The van der Waals surface area contributed by atoms with Crippen molar-refractivity contribution in [3.8, 4) is 0 Å². The average molecular weight is 250 g/mol. The van der Waals surface area contributed by atoms with Crippen LogP contribution in [0.1, 0.15) is 31.1 Å². The minimum Gasteiger partial charge on any atom is -0.298 e. The van der Waals surface area contributed by atoms with E-state index < -0.39 is 0 Å². The Morgan fingerprint density at radius 3 is 2.18 bits per heavy atom. The van der Waals surface area contributed by atoms with Crippen molar-refractivity contribution in [3.05, 3.63) is 35.9 Å². The number of carbonyl (C=O) groups is 2. The molecular weight excluding hydrogens is 232 g/mol. The van der Waals surface area contributed by atoms with E-state index in [2.05, 4.69) is 0 Å². The second kappa shape index (κ2) is 6.01. The summed E-state index contributed by atoms with van der Waals surface area (Å²) in [5.41, 5.74) is 0.395. The molecule has 0 radical (unpaired) electrons. The van der Waals surface area contributed by atoms with Gasteiger partial charge in [-0.25, -0.2) is 0 Å². The first-order valence-corrected chi connectivity index (χ1v) is 6.76. The average Bonchev–Trinajstić information content (AvgIpc) is 2.28. The van der Waals surface area contributed by atoms with Crippen molar-refractivity contribution in [2.24, 2.45) is 5.41 Å². The number of thioether (sulfide) groups is 1. The highest BCUT2D eigenvalue weighted by atomic mass is 32.2. The van der Waals surface area contributed by atoms with Crippen molar-refractivity contribution in [2.75, 3.05) is 11.5 Å². The van der Waals surface area contributed by atoms with Crippen LogP contribution in [0.4, 0.5) is 0 Å². The van der Waals surface area contributed by atoms with Gasteiger partial charge >= 0.3 is 0 Å². The second-order valence-electron chi connectivity index (χ2n) is 4.96. The highest BCUT2D eigenvalue weighted by Crippen LogP contribution is 2.18. The van der Waals surface area contributed by atoms with E-state index in [1.807, 2.05) is 39.0 Å². The number of benzene rings is 1. The summed E-state index contributed by atoms with van der Waals surface area (Å²) in [5, 5.41) is 0. The smallest absolute Gasteiger partial charge is 0.172 e. The van der Waals surface area contributed by atoms with Crippen LogP contribution in [0.25, 0.3) is 0 Å². The molecule has 0 heterocycles. The summed E-state index contributed by atoms with van der Waals surface area (Å²) >= 11 is 1.39. The van der Waals surface area contributed by atoms with Crippen LogP contribution in [0.2, 0.25) is 0 Å². The SMILES string of the molecule is CC(C)(C)C(=O)CSCC(=O)c1ccccc1. The Balaban J connectivity index is 2.38. The van der Waals surface area contributed by atoms with Gasteiger partial charge in [-0.3, -0.25) is 9.59 Å². The fourth-order valence-corrected chi connectivity index (χ4v) is 2.23. The maximum atomic E-state index is 11.7. The zero-order valence-electron chi connectivity index (χ0n) is 10.5. The second-order valence-corrected chi connectivity index (χ2v) is 5.94. The molecule has 92 valence electrons. The van der Waals surface area contributed by atoms with E-state index in [9.17, 15) is 9.59 Å². The van der Waals surface area contributed by atoms with Crippen LogP contribution in [-0.4, -0.2) is 23.1 Å². The quantitative estimate of drug-likeness (QED) is 0.752. The number of rotatable bonds is 5. The highest BCUT2D eigenvalue weighted by Gasteiger charge is 2.20. The standard InChI is InChI=1S/C14H18O2S/c1-14(2,3)13(16)10-17-9-12(15)11-7-5-4-6-8-11/h4-8H,9-10H2,1-3H3. The Morgan fingerprint density at radius 1 is 1.06 bits per heavy atom.